The second kappa shape index (κ2) is 7.81. The second-order valence-electron chi connectivity index (χ2n) is 11.2. The molecule has 0 saturated heterocycles. The molecule has 0 N–H and O–H groups in total. The number of carbonyl (C=O) groups excluding carboxylic acids is 1. The van der Waals surface area contributed by atoms with Crippen molar-refractivity contribution in [1.29, 1.82) is 0 Å². The number of rotatable bonds is 6. The van der Waals surface area contributed by atoms with Gasteiger partial charge in [0.05, 0.1) is 6.57 Å². The molecule has 5 aliphatic carbocycles. The van der Waals surface area contributed by atoms with Crippen LogP contribution >= 0.6 is 0 Å². The zero-order chi connectivity index (χ0) is 24.4. The summed E-state index contributed by atoms with van der Waals surface area (Å²) in [5.41, 5.74) is 0.0404. The van der Waals surface area contributed by atoms with Crippen LogP contribution in [0.3, 0.4) is 0 Å². The van der Waals surface area contributed by atoms with Crippen LogP contribution in [-0.4, -0.2) is 28.5 Å². The molecule has 0 aliphatic heterocycles. The molecule has 1 amide bonds. The Morgan fingerprint density at radius 2 is 1.80 bits per heavy atom. The Hall–Kier alpha value is -2.89. The minimum absolute atomic E-state index is 0.0865. The summed E-state index contributed by atoms with van der Waals surface area (Å²) in [4.78, 5) is 22.9. The van der Waals surface area contributed by atoms with Gasteiger partial charge in [-0.25, -0.2) is 18.0 Å². The first kappa shape index (κ1) is 22.6. The van der Waals surface area contributed by atoms with Crippen molar-refractivity contribution in [2.45, 2.75) is 81.5 Å². The van der Waals surface area contributed by atoms with E-state index in [1.807, 2.05) is 0 Å². The Labute approximate surface area is 201 Å². The van der Waals surface area contributed by atoms with Crippen LogP contribution in [0, 0.1) is 23.7 Å². The number of hydrogen-bond donors (Lipinski definition) is 0. The van der Waals surface area contributed by atoms with E-state index >= 15 is 0 Å². The summed E-state index contributed by atoms with van der Waals surface area (Å²) in [5, 5.41) is 4.20. The van der Waals surface area contributed by atoms with E-state index in [2.05, 4.69) is 10.0 Å². The average Bonchev–Trinajstić information content (AvgIpc) is 3.57. The number of anilines is 1. The molecule has 184 valence electrons. The van der Waals surface area contributed by atoms with E-state index in [1.54, 1.807) is 0 Å². The number of benzene rings is 1. The molecule has 0 spiro atoms. The highest BCUT2D eigenvalue weighted by molar-refractivity contribution is 5.96. The number of aromatic nitrogens is 2. The Balaban J connectivity index is 1.24. The van der Waals surface area contributed by atoms with Gasteiger partial charge in [0.15, 0.2) is 11.5 Å². The molecule has 35 heavy (non-hydrogen) atoms. The number of nitrogens with zero attached hydrogens (tertiary/aromatic N) is 4. The summed E-state index contributed by atoms with van der Waals surface area (Å²) in [6.45, 7) is 7.61. The summed E-state index contributed by atoms with van der Waals surface area (Å²) >= 11 is 0. The fourth-order valence-corrected chi connectivity index (χ4v) is 6.25. The van der Waals surface area contributed by atoms with Crippen LogP contribution in [0.4, 0.5) is 24.5 Å². The molecular formula is C26H27F3N4O2. The lowest BCUT2D eigenvalue weighted by atomic mass is 9.53. The van der Waals surface area contributed by atoms with Crippen molar-refractivity contribution in [2.75, 3.05) is 11.4 Å². The van der Waals surface area contributed by atoms with Crippen molar-refractivity contribution in [3.05, 3.63) is 47.1 Å². The van der Waals surface area contributed by atoms with Gasteiger partial charge in [-0.3, -0.25) is 4.79 Å². The summed E-state index contributed by atoms with van der Waals surface area (Å²) in [6, 6.07) is 3.83. The highest BCUT2D eigenvalue weighted by Crippen LogP contribution is 2.58. The number of alkyl halides is 2. The van der Waals surface area contributed by atoms with Gasteiger partial charge in [0.2, 0.25) is 17.7 Å². The normalized spacial score (nSPS) is 29.4. The number of halogens is 3. The van der Waals surface area contributed by atoms with E-state index in [4.69, 9.17) is 16.1 Å². The fourth-order valence-electron chi connectivity index (χ4n) is 6.25. The van der Waals surface area contributed by atoms with Crippen LogP contribution in [-0.2, 0) is 10.2 Å². The van der Waals surface area contributed by atoms with Gasteiger partial charge in [-0.1, -0.05) is 5.16 Å². The molecule has 2 bridgehead atoms. The molecule has 9 heteroatoms. The number of hydrogen-bond acceptors (Lipinski definition) is 4. The van der Waals surface area contributed by atoms with E-state index in [1.165, 1.54) is 17.0 Å². The minimum atomic E-state index is -2.83. The Kier molecular flexibility index (Phi) is 5.03. The highest BCUT2D eigenvalue weighted by atomic mass is 19.3. The van der Waals surface area contributed by atoms with E-state index in [0.717, 1.165) is 69.1 Å². The first-order valence-corrected chi connectivity index (χ1v) is 12.4. The fraction of sp³-hybridized carbons (Fsp3) is 0.615. The van der Waals surface area contributed by atoms with Crippen LogP contribution in [0.25, 0.3) is 4.85 Å². The molecule has 0 radical (unpaired) electrons. The average molecular weight is 485 g/mol. The maximum absolute atomic E-state index is 14.3. The molecule has 1 aromatic carbocycles. The van der Waals surface area contributed by atoms with Gasteiger partial charge in [-0.15, -0.1) is 0 Å². The van der Waals surface area contributed by atoms with Crippen molar-refractivity contribution in [3.8, 4) is 0 Å². The van der Waals surface area contributed by atoms with Gasteiger partial charge in [-0.2, -0.15) is 4.98 Å². The lowest BCUT2D eigenvalue weighted by Crippen LogP contribution is -2.53. The molecule has 5 fully saturated rings. The first-order chi connectivity index (χ1) is 16.7. The SMILES string of the molecule is [C-]#[N+]c1cc(F)cc(N(CC23CCC(c4nc(C5CC5)no4)(CC2)CC3)C(=O)C2CC(F)(F)C2)c1. The molecule has 1 heterocycles. The standard InChI is InChI=1S/C26H27F3N4O2/c1-30-19-10-18(27)11-20(12-19)33(22(34)17-13-26(28,29)14-17)15-24-4-7-25(8-5-24,9-6-24)23-31-21(32-35-23)16-2-3-16/h10-12,16-17H,2-9,13-15H2. The molecule has 1 aromatic heterocycles. The molecular weight excluding hydrogens is 457 g/mol. The Bertz CT molecular complexity index is 1180. The van der Waals surface area contributed by atoms with E-state index < -0.39 is 36.4 Å². The van der Waals surface area contributed by atoms with Gasteiger partial charge >= 0.3 is 0 Å². The van der Waals surface area contributed by atoms with Crippen LogP contribution in [0.5, 0.6) is 0 Å². The van der Waals surface area contributed by atoms with Gasteiger partial charge in [0.1, 0.15) is 5.82 Å². The topological polar surface area (TPSA) is 63.6 Å². The number of fused-ring (bicyclic) bond motifs is 3. The van der Waals surface area contributed by atoms with Crippen molar-refractivity contribution in [1.82, 2.24) is 10.1 Å². The third-order valence-electron chi connectivity index (χ3n) is 8.75. The predicted octanol–water partition coefficient (Wildman–Crippen LogP) is 6.31. The van der Waals surface area contributed by atoms with Crippen LogP contribution < -0.4 is 4.90 Å². The molecule has 0 unspecified atom stereocenters. The van der Waals surface area contributed by atoms with Crippen LogP contribution in [0.2, 0.25) is 0 Å². The molecule has 5 aliphatic rings. The zero-order valence-corrected chi connectivity index (χ0v) is 19.4. The number of amides is 1. The van der Waals surface area contributed by atoms with Crippen molar-refractivity contribution >= 4 is 17.3 Å². The lowest BCUT2D eigenvalue weighted by molar-refractivity contribution is -0.148. The highest BCUT2D eigenvalue weighted by Gasteiger charge is 2.55. The van der Waals surface area contributed by atoms with Gasteiger partial charge < -0.3 is 9.42 Å². The van der Waals surface area contributed by atoms with Crippen LogP contribution in [0.15, 0.2) is 22.7 Å². The van der Waals surface area contributed by atoms with Crippen molar-refractivity contribution in [2.24, 2.45) is 11.3 Å². The molecule has 2 aromatic rings. The van der Waals surface area contributed by atoms with Crippen molar-refractivity contribution in [3.63, 3.8) is 0 Å². The van der Waals surface area contributed by atoms with E-state index in [-0.39, 0.29) is 22.2 Å². The third kappa shape index (κ3) is 4.01. The summed E-state index contributed by atoms with van der Waals surface area (Å²) < 4.78 is 47.1. The predicted molar refractivity (Wildman–Crippen MR) is 121 cm³/mol. The maximum Gasteiger partial charge on any atom is 0.249 e. The quantitative estimate of drug-likeness (QED) is 0.451. The van der Waals surface area contributed by atoms with Gasteiger partial charge in [-0.05, 0) is 75.0 Å². The largest absolute Gasteiger partial charge is 0.339 e. The summed E-state index contributed by atoms with van der Waals surface area (Å²) in [6.07, 6.45) is 6.35. The summed E-state index contributed by atoms with van der Waals surface area (Å²) in [7, 11) is 0. The zero-order valence-electron chi connectivity index (χ0n) is 19.4. The molecule has 7 rings (SSSR count). The molecule has 6 nitrogen and oxygen atoms in total. The minimum Gasteiger partial charge on any atom is -0.339 e. The number of carbonyl (C=O) groups is 1. The smallest absolute Gasteiger partial charge is 0.249 e. The van der Waals surface area contributed by atoms with E-state index in [9.17, 15) is 18.0 Å². The second-order valence-corrected chi connectivity index (χ2v) is 11.2. The molecule has 5 saturated carbocycles. The monoisotopic (exact) mass is 484 g/mol. The summed E-state index contributed by atoms with van der Waals surface area (Å²) in [5.74, 6) is -2.66. The third-order valence-corrected chi connectivity index (χ3v) is 8.75. The van der Waals surface area contributed by atoms with Gasteiger partial charge in [0, 0.05) is 42.3 Å². The van der Waals surface area contributed by atoms with E-state index in [0.29, 0.717) is 12.5 Å². The van der Waals surface area contributed by atoms with Crippen molar-refractivity contribution < 1.29 is 22.5 Å². The van der Waals surface area contributed by atoms with Crippen LogP contribution in [0.1, 0.15) is 81.8 Å². The Morgan fingerprint density at radius 1 is 1.11 bits per heavy atom. The Morgan fingerprint density at radius 3 is 2.40 bits per heavy atom. The first-order valence-electron chi connectivity index (χ1n) is 12.4. The molecule has 0 atom stereocenters. The van der Waals surface area contributed by atoms with Gasteiger partial charge in [0.25, 0.3) is 0 Å². The maximum atomic E-state index is 14.3. The lowest BCUT2D eigenvalue weighted by Gasteiger charge is -2.53.